The van der Waals surface area contributed by atoms with Crippen molar-refractivity contribution >= 4 is 21.6 Å². The number of amides is 1. The number of carbonyl (C=O) groups is 1. The van der Waals surface area contributed by atoms with Gasteiger partial charge in [0, 0.05) is 24.3 Å². The number of hydrogen-bond donors (Lipinski definition) is 1. The first-order valence-electron chi connectivity index (χ1n) is 7.87. The minimum absolute atomic E-state index is 0.128. The van der Waals surface area contributed by atoms with Crippen LogP contribution in [0.3, 0.4) is 0 Å². The van der Waals surface area contributed by atoms with Gasteiger partial charge in [-0.25, -0.2) is 8.42 Å². The monoisotopic (exact) mass is 346 g/mol. The highest BCUT2D eigenvalue weighted by molar-refractivity contribution is 7.89. The van der Waals surface area contributed by atoms with Crippen LogP contribution in [0.1, 0.15) is 29.8 Å². The molecule has 0 saturated carbocycles. The average molecular weight is 346 g/mol. The highest BCUT2D eigenvalue weighted by atomic mass is 32.2. The van der Waals surface area contributed by atoms with Crippen molar-refractivity contribution in [3.63, 3.8) is 0 Å². The van der Waals surface area contributed by atoms with Gasteiger partial charge in [-0.15, -0.1) is 0 Å². The van der Waals surface area contributed by atoms with Gasteiger partial charge in [0.2, 0.25) is 10.0 Å². The quantitative estimate of drug-likeness (QED) is 0.873. The topological polar surface area (TPSA) is 66.5 Å². The number of benzene rings is 2. The number of nitrogens with one attached hydrogen (secondary N) is 1. The van der Waals surface area contributed by atoms with Gasteiger partial charge in [-0.2, -0.15) is 4.31 Å². The summed E-state index contributed by atoms with van der Waals surface area (Å²) in [5, 5.41) is 2.81. The smallest absolute Gasteiger partial charge is 0.255 e. The molecule has 2 aromatic rings. The van der Waals surface area contributed by atoms with E-state index in [2.05, 4.69) is 5.32 Å². The molecule has 0 aliphatic rings. The van der Waals surface area contributed by atoms with E-state index in [-0.39, 0.29) is 10.8 Å². The normalized spacial score (nSPS) is 11.5. The summed E-state index contributed by atoms with van der Waals surface area (Å²) in [6.45, 7) is 6.25. The van der Waals surface area contributed by atoms with Crippen molar-refractivity contribution in [2.24, 2.45) is 0 Å². The molecular weight excluding hydrogens is 324 g/mol. The van der Waals surface area contributed by atoms with Crippen LogP contribution in [0.25, 0.3) is 0 Å². The summed E-state index contributed by atoms with van der Waals surface area (Å²) in [5.41, 5.74) is 1.96. The molecule has 0 radical (unpaired) electrons. The minimum Gasteiger partial charge on any atom is -0.322 e. The lowest BCUT2D eigenvalue weighted by molar-refractivity contribution is 0.102. The summed E-state index contributed by atoms with van der Waals surface area (Å²) in [5.74, 6) is -0.333. The van der Waals surface area contributed by atoms with Crippen molar-refractivity contribution in [1.29, 1.82) is 0 Å². The summed E-state index contributed by atoms with van der Waals surface area (Å²) < 4.78 is 26.5. The zero-order valence-corrected chi connectivity index (χ0v) is 14.9. The number of carbonyl (C=O) groups excluding carboxylic acids is 1. The third-order valence-corrected chi connectivity index (χ3v) is 5.88. The number of para-hydroxylation sites is 1. The molecule has 6 heteroatoms. The van der Waals surface area contributed by atoms with E-state index in [1.165, 1.54) is 16.4 Å². The van der Waals surface area contributed by atoms with Gasteiger partial charge in [-0.1, -0.05) is 38.1 Å². The molecule has 2 aromatic carbocycles. The molecule has 0 heterocycles. The third-order valence-electron chi connectivity index (χ3n) is 3.83. The van der Waals surface area contributed by atoms with E-state index in [1.54, 1.807) is 26.0 Å². The Morgan fingerprint density at radius 3 is 2.33 bits per heavy atom. The average Bonchev–Trinajstić information content (AvgIpc) is 2.58. The maximum Gasteiger partial charge on any atom is 0.255 e. The molecule has 0 unspecified atom stereocenters. The molecule has 0 atom stereocenters. The van der Waals surface area contributed by atoms with Crippen LogP contribution in [0.5, 0.6) is 0 Å². The Labute approximate surface area is 143 Å². The van der Waals surface area contributed by atoms with Crippen molar-refractivity contribution in [2.75, 3.05) is 18.4 Å². The number of anilines is 1. The van der Waals surface area contributed by atoms with Crippen molar-refractivity contribution in [3.8, 4) is 0 Å². The van der Waals surface area contributed by atoms with Gasteiger partial charge in [0.05, 0.1) is 4.90 Å². The Bertz CT molecular complexity index is 828. The summed E-state index contributed by atoms with van der Waals surface area (Å²) >= 11 is 0. The number of rotatable bonds is 6. The third kappa shape index (κ3) is 3.83. The molecule has 24 heavy (non-hydrogen) atoms. The van der Waals surface area contributed by atoms with E-state index >= 15 is 0 Å². The Hall–Kier alpha value is -2.18. The lowest BCUT2D eigenvalue weighted by Gasteiger charge is -2.18. The predicted molar refractivity (Wildman–Crippen MR) is 95.7 cm³/mol. The number of nitrogens with zero attached hydrogens (tertiary/aromatic N) is 1. The Morgan fingerprint density at radius 1 is 1.04 bits per heavy atom. The number of hydrogen-bond acceptors (Lipinski definition) is 3. The lowest BCUT2D eigenvalue weighted by Crippen LogP contribution is -2.30. The second-order valence-electron chi connectivity index (χ2n) is 5.39. The second-order valence-corrected chi connectivity index (χ2v) is 7.32. The Kier molecular flexibility index (Phi) is 5.75. The number of aryl methyl sites for hydroxylation is 1. The summed E-state index contributed by atoms with van der Waals surface area (Å²) in [6.07, 6.45) is 0. The van der Waals surface area contributed by atoms with Crippen LogP contribution in [0, 0.1) is 6.92 Å². The van der Waals surface area contributed by atoms with Crippen LogP contribution in [0.15, 0.2) is 53.4 Å². The highest BCUT2D eigenvalue weighted by Gasteiger charge is 2.22. The van der Waals surface area contributed by atoms with Crippen LogP contribution in [0.4, 0.5) is 5.69 Å². The molecule has 0 spiro atoms. The maximum atomic E-state index is 12.6. The van der Waals surface area contributed by atoms with Crippen molar-refractivity contribution in [2.45, 2.75) is 25.7 Å². The van der Waals surface area contributed by atoms with E-state index < -0.39 is 10.0 Å². The first-order valence-corrected chi connectivity index (χ1v) is 9.31. The van der Waals surface area contributed by atoms with E-state index in [4.69, 9.17) is 0 Å². The van der Waals surface area contributed by atoms with Crippen molar-refractivity contribution in [3.05, 3.63) is 59.7 Å². The lowest BCUT2D eigenvalue weighted by atomic mass is 10.1. The summed E-state index contributed by atoms with van der Waals surface area (Å²) in [6, 6.07) is 13.6. The van der Waals surface area contributed by atoms with E-state index in [0.29, 0.717) is 24.3 Å². The molecular formula is C18H22N2O3S. The molecule has 0 aromatic heterocycles. The van der Waals surface area contributed by atoms with Gasteiger partial charge in [-0.3, -0.25) is 4.79 Å². The van der Waals surface area contributed by atoms with Crippen LogP contribution in [-0.4, -0.2) is 31.7 Å². The summed E-state index contributed by atoms with van der Waals surface area (Å²) in [4.78, 5) is 12.6. The molecule has 1 N–H and O–H groups in total. The molecule has 128 valence electrons. The first kappa shape index (κ1) is 18.2. The largest absolute Gasteiger partial charge is 0.322 e. The highest BCUT2D eigenvalue weighted by Crippen LogP contribution is 2.19. The van der Waals surface area contributed by atoms with Crippen LogP contribution >= 0.6 is 0 Å². The molecule has 0 aliphatic heterocycles. The van der Waals surface area contributed by atoms with Gasteiger partial charge in [-0.05, 0) is 36.8 Å². The predicted octanol–water partition coefficient (Wildman–Crippen LogP) is 3.28. The van der Waals surface area contributed by atoms with Gasteiger partial charge in [0.1, 0.15) is 0 Å². The maximum absolute atomic E-state index is 12.6. The summed E-state index contributed by atoms with van der Waals surface area (Å²) in [7, 11) is -3.58. The number of sulfonamides is 1. The standard InChI is InChI=1S/C18H22N2O3S/c1-4-20(5-2)24(22,23)16-11-8-10-15(13-16)18(21)19-17-12-7-6-9-14(17)3/h6-13H,4-5H2,1-3H3,(H,19,21). The van der Waals surface area contributed by atoms with Crippen LogP contribution in [0.2, 0.25) is 0 Å². The van der Waals surface area contributed by atoms with Crippen molar-refractivity contribution < 1.29 is 13.2 Å². The van der Waals surface area contributed by atoms with Gasteiger partial charge in [0.25, 0.3) is 5.91 Å². The van der Waals surface area contributed by atoms with Gasteiger partial charge < -0.3 is 5.32 Å². The van der Waals surface area contributed by atoms with Crippen LogP contribution in [-0.2, 0) is 10.0 Å². The molecule has 1 amide bonds. The van der Waals surface area contributed by atoms with E-state index in [0.717, 1.165) is 5.56 Å². The second kappa shape index (κ2) is 7.59. The SMILES string of the molecule is CCN(CC)S(=O)(=O)c1cccc(C(=O)Nc2ccccc2C)c1. The van der Waals surface area contributed by atoms with Crippen LogP contribution < -0.4 is 5.32 Å². The molecule has 5 nitrogen and oxygen atoms in total. The zero-order valence-electron chi connectivity index (χ0n) is 14.1. The minimum atomic E-state index is -3.58. The van der Waals surface area contributed by atoms with Gasteiger partial charge in [0.15, 0.2) is 0 Å². The first-order chi connectivity index (χ1) is 11.4. The van der Waals surface area contributed by atoms with Crippen molar-refractivity contribution in [1.82, 2.24) is 4.31 Å². The molecule has 0 fully saturated rings. The Balaban J connectivity index is 2.30. The molecule has 2 rings (SSSR count). The molecule has 0 aliphatic carbocycles. The Morgan fingerprint density at radius 2 is 1.71 bits per heavy atom. The zero-order chi connectivity index (χ0) is 17.7. The fraction of sp³-hybridized carbons (Fsp3) is 0.278. The molecule has 0 bridgehead atoms. The fourth-order valence-electron chi connectivity index (χ4n) is 2.42. The van der Waals surface area contributed by atoms with E-state index in [1.807, 2.05) is 31.2 Å². The molecule has 0 saturated heterocycles. The fourth-order valence-corrected chi connectivity index (χ4v) is 3.92. The van der Waals surface area contributed by atoms with E-state index in [9.17, 15) is 13.2 Å². The van der Waals surface area contributed by atoms with Gasteiger partial charge >= 0.3 is 0 Å².